The van der Waals surface area contributed by atoms with Crippen LogP contribution in [0.3, 0.4) is 0 Å². The smallest absolute Gasteiger partial charge is 0.234 e. The van der Waals surface area contributed by atoms with Crippen LogP contribution in [0.1, 0.15) is 32.1 Å². The van der Waals surface area contributed by atoms with Gasteiger partial charge in [0, 0.05) is 24.9 Å². The number of likely N-dealkylation sites (N-methyl/N-ethyl adjacent to an activating group) is 1. The van der Waals surface area contributed by atoms with Crippen molar-refractivity contribution in [3.8, 4) is 0 Å². The summed E-state index contributed by atoms with van der Waals surface area (Å²) in [5, 5.41) is 2.95. The van der Waals surface area contributed by atoms with E-state index in [0.29, 0.717) is 31.2 Å². The average Bonchev–Trinajstić information content (AvgIpc) is 2.85. The monoisotopic (exact) mass is 210 g/mol. The second-order valence-electron chi connectivity index (χ2n) is 4.69. The van der Waals surface area contributed by atoms with Crippen molar-refractivity contribution in [2.45, 2.75) is 44.2 Å². The average molecular weight is 210 g/mol. The van der Waals surface area contributed by atoms with Crippen LogP contribution in [0.15, 0.2) is 0 Å². The standard InChI is InChI=1S/C11H18N2O2/c1-13(9-4-5-10(14)6-9)7-11(15)12-8-2-3-8/h8-9H,2-7H2,1H3,(H,12,15). The third kappa shape index (κ3) is 3.02. The number of amides is 1. The molecule has 0 aromatic rings. The van der Waals surface area contributed by atoms with E-state index < -0.39 is 0 Å². The number of hydrogen-bond donors (Lipinski definition) is 1. The molecule has 0 saturated heterocycles. The highest BCUT2D eigenvalue weighted by Gasteiger charge is 2.28. The van der Waals surface area contributed by atoms with E-state index in [-0.39, 0.29) is 11.9 Å². The fourth-order valence-corrected chi connectivity index (χ4v) is 2.03. The third-order valence-electron chi connectivity index (χ3n) is 3.18. The first-order valence-corrected chi connectivity index (χ1v) is 5.66. The van der Waals surface area contributed by atoms with Crippen molar-refractivity contribution in [2.24, 2.45) is 0 Å². The van der Waals surface area contributed by atoms with Crippen LogP contribution in [0, 0.1) is 0 Å². The van der Waals surface area contributed by atoms with E-state index in [1.54, 1.807) is 0 Å². The van der Waals surface area contributed by atoms with Crippen molar-refractivity contribution in [2.75, 3.05) is 13.6 Å². The second kappa shape index (κ2) is 4.31. The zero-order valence-corrected chi connectivity index (χ0v) is 9.16. The van der Waals surface area contributed by atoms with E-state index >= 15 is 0 Å². The molecule has 2 aliphatic rings. The molecule has 0 radical (unpaired) electrons. The lowest BCUT2D eigenvalue weighted by Gasteiger charge is -2.22. The third-order valence-corrected chi connectivity index (χ3v) is 3.18. The van der Waals surface area contributed by atoms with Gasteiger partial charge in [-0.2, -0.15) is 0 Å². The molecule has 2 fully saturated rings. The van der Waals surface area contributed by atoms with Gasteiger partial charge in [0.05, 0.1) is 6.54 Å². The summed E-state index contributed by atoms with van der Waals surface area (Å²) in [6.07, 6.45) is 4.45. The maximum Gasteiger partial charge on any atom is 0.234 e. The molecule has 0 aliphatic heterocycles. The van der Waals surface area contributed by atoms with E-state index in [0.717, 1.165) is 19.3 Å². The van der Waals surface area contributed by atoms with Crippen molar-refractivity contribution < 1.29 is 9.59 Å². The Morgan fingerprint density at radius 3 is 2.73 bits per heavy atom. The minimum absolute atomic E-state index is 0.0966. The van der Waals surface area contributed by atoms with Crippen LogP contribution in [-0.4, -0.2) is 42.3 Å². The lowest BCUT2D eigenvalue weighted by molar-refractivity contribution is -0.123. The van der Waals surface area contributed by atoms with Gasteiger partial charge >= 0.3 is 0 Å². The highest BCUT2D eigenvalue weighted by molar-refractivity contribution is 5.82. The van der Waals surface area contributed by atoms with Crippen molar-refractivity contribution >= 4 is 11.7 Å². The topological polar surface area (TPSA) is 49.4 Å². The normalized spacial score (nSPS) is 26.0. The molecule has 0 aromatic carbocycles. The largest absolute Gasteiger partial charge is 0.352 e. The Morgan fingerprint density at radius 2 is 2.20 bits per heavy atom. The van der Waals surface area contributed by atoms with Crippen LogP contribution in [0.4, 0.5) is 0 Å². The Bertz CT molecular complexity index is 274. The number of hydrogen-bond acceptors (Lipinski definition) is 3. The van der Waals surface area contributed by atoms with E-state index in [1.165, 1.54) is 0 Å². The first-order valence-electron chi connectivity index (χ1n) is 5.66. The summed E-state index contributed by atoms with van der Waals surface area (Å²) in [6, 6.07) is 0.707. The predicted octanol–water partition coefficient (Wildman–Crippen LogP) is 0.318. The van der Waals surface area contributed by atoms with Crippen molar-refractivity contribution in [1.29, 1.82) is 0 Å². The number of rotatable bonds is 4. The molecule has 15 heavy (non-hydrogen) atoms. The van der Waals surface area contributed by atoms with Gasteiger partial charge in [-0.1, -0.05) is 0 Å². The van der Waals surface area contributed by atoms with Gasteiger partial charge in [0.15, 0.2) is 0 Å². The van der Waals surface area contributed by atoms with Crippen LogP contribution in [0.25, 0.3) is 0 Å². The Kier molecular flexibility index (Phi) is 3.05. The summed E-state index contributed by atoms with van der Waals surface area (Å²) in [5.74, 6) is 0.425. The van der Waals surface area contributed by atoms with Crippen molar-refractivity contribution in [3.05, 3.63) is 0 Å². The van der Waals surface area contributed by atoms with Gasteiger partial charge < -0.3 is 5.32 Å². The molecular formula is C11H18N2O2. The van der Waals surface area contributed by atoms with Crippen molar-refractivity contribution in [3.63, 3.8) is 0 Å². The fourth-order valence-electron chi connectivity index (χ4n) is 2.03. The summed E-state index contributed by atoms with van der Waals surface area (Å²) in [7, 11) is 1.93. The summed E-state index contributed by atoms with van der Waals surface area (Å²) in [5.41, 5.74) is 0. The molecule has 1 N–H and O–H groups in total. The molecule has 2 rings (SSSR count). The second-order valence-corrected chi connectivity index (χ2v) is 4.69. The summed E-state index contributed by atoms with van der Waals surface area (Å²) in [4.78, 5) is 24.6. The molecule has 1 atom stereocenters. The predicted molar refractivity (Wildman–Crippen MR) is 56.4 cm³/mol. The van der Waals surface area contributed by atoms with Crippen LogP contribution in [0.5, 0.6) is 0 Å². The first-order chi connectivity index (χ1) is 7.15. The number of carbonyl (C=O) groups excluding carboxylic acids is 2. The molecule has 1 amide bonds. The van der Waals surface area contributed by atoms with Crippen LogP contribution >= 0.6 is 0 Å². The van der Waals surface area contributed by atoms with Gasteiger partial charge in [-0.15, -0.1) is 0 Å². The zero-order chi connectivity index (χ0) is 10.8. The molecule has 0 heterocycles. The molecular weight excluding hydrogens is 192 g/mol. The van der Waals surface area contributed by atoms with Gasteiger partial charge in [0.2, 0.25) is 5.91 Å². The SMILES string of the molecule is CN(CC(=O)NC1CC1)C1CCC(=O)C1. The lowest BCUT2D eigenvalue weighted by atomic mass is 10.2. The minimum atomic E-state index is 0.0966. The Hall–Kier alpha value is -0.900. The summed E-state index contributed by atoms with van der Waals surface area (Å²) < 4.78 is 0. The minimum Gasteiger partial charge on any atom is -0.352 e. The van der Waals surface area contributed by atoms with Gasteiger partial charge in [0.25, 0.3) is 0 Å². The highest BCUT2D eigenvalue weighted by atomic mass is 16.2. The Morgan fingerprint density at radius 1 is 1.47 bits per heavy atom. The number of nitrogens with one attached hydrogen (secondary N) is 1. The number of ketones is 1. The van der Waals surface area contributed by atoms with E-state index in [4.69, 9.17) is 0 Å². The quantitative estimate of drug-likeness (QED) is 0.727. The van der Waals surface area contributed by atoms with E-state index in [2.05, 4.69) is 5.32 Å². The maximum absolute atomic E-state index is 11.5. The van der Waals surface area contributed by atoms with Gasteiger partial charge in [-0.05, 0) is 26.3 Å². The van der Waals surface area contributed by atoms with Gasteiger partial charge in [0.1, 0.15) is 5.78 Å². The number of nitrogens with zero attached hydrogens (tertiary/aromatic N) is 1. The summed E-state index contributed by atoms with van der Waals surface area (Å²) in [6.45, 7) is 0.425. The van der Waals surface area contributed by atoms with Crippen LogP contribution < -0.4 is 5.32 Å². The molecule has 0 bridgehead atoms. The van der Waals surface area contributed by atoms with Crippen molar-refractivity contribution in [1.82, 2.24) is 10.2 Å². The first kappa shape index (κ1) is 10.6. The van der Waals surface area contributed by atoms with E-state index in [9.17, 15) is 9.59 Å². The zero-order valence-electron chi connectivity index (χ0n) is 9.16. The molecule has 2 aliphatic carbocycles. The molecule has 0 spiro atoms. The van der Waals surface area contributed by atoms with Gasteiger partial charge in [-0.25, -0.2) is 0 Å². The number of Topliss-reactive ketones (excluding diaryl/α,β-unsaturated/α-hetero) is 1. The van der Waals surface area contributed by atoms with Crippen LogP contribution in [0.2, 0.25) is 0 Å². The fraction of sp³-hybridized carbons (Fsp3) is 0.818. The van der Waals surface area contributed by atoms with E-state index in [1.807, 2.05) is 11.9 Å². The Labute approximate surface area is 90.0 Å². The Balaban J connectivity index is 1.72. The molecule has 2 saturated carbocycles. The highest BCUT2D eigenvalue weighted by Crippen LogP contribution is 2.20. The molecule has 4 nitrogen and oxygen atoms in total. The molecule has 84 valence electrons. The number of carbonyl (C=O) groups is 2. The molecule has 0 aromatic heterocycles. The summed E-state index contributed by atoms with van der Waals surface area (Å²) >= 11 is 0. The molecule has 1 unspecified atom stereocenters. The molecule has 4 heteroatoms. The maximum atomic E-state index is 11.5. The lowest BCUT2D eigenvalue weighted by Crippen LogP contribution is -2.40. The van der Waals surface area contributed by atoms with Gasteiger partial charge in [-0.3, -0.25) is 14.5 Å². The van der Waals surface area contributed by atoms with Crippen LogP contribution in [-0.2, 0) is 9.59 Å².